The summed E-state index contributed by atoms with van der Waals surface area (Å²) in [6.07, 6.45) is 0. The van der Waals surface area contributed by atoms with Gasteiger partial charge in [-0.2, -0.15) is 0 Å². The molecule has 1 N–H and O–H groups in total. The molecule has 0 unspecified atom stereocenters. The number of nitro groups is 1. The second-order valence-corrected chi connectivity index (χ2v) is 5.60. The van der Waals surface area contributed by atoms with E-state index in [-0.39, 0.29) is 21.7 Å². The zero-order valence-electron chi connectivity index (χ0n) is 9.32. The number of nitrogens with one attached hydrogen (secondary N) is 1. The van der Waals surface area contributed by atoms with Crippen LogP contribution in [-0.4, -0.2) is 4.92 Å². The van der Waals surface area contributed by atoms with Crippen molar-refractivity contribution >= 4 is 38.0 Å². The topological polar surface area (TPSA) is 55.2 Å². The third-order valence-electron chi connectivity index (χ3n) is 2.27. The van der Waals surface area contributed by atoms with Crippen LogP contribution in [0.3, 0.4) is 0 Å². The zero-order chi connectivity index (χ0) is 14.0. The lowest BCUT2D eigenvalue weighted by molar-refractivity contribution is -0.380. The molecule has 0 spiro atoms. The summed E-state index contributed by atoms with van der Waals surface area (Å²) in [5, 5.41) is 13.3. The lowest BCUT2D eigenvalue weighted by atomic mass is 10.3. The minimum absolute atomic E-state index is 0.0236. The highest BCUT2D eigenvalue weighted by Crippen LogP contribution is 2.29. The van der Waals surface area contributed by atoms with Crippen molar-refractivity contribution in [3.63, 3.8) is 0 Å². The SMILES string of the molecule is O=[N+]([O-])c1ccc(CNc2c(F)cc(F)cc2Br)s1. The summed E-state index contributed by atoms with van der Waals surface area (Å²) in [5.74, 6) is -1.40. The molecule has 2 rings (SSSR count). The first-order valence-corrected chi connectivity index (χ1v) is 6.70. The lowest BCUT2D eigenvalue weighted by Gasteiger charge is -2.08. The maximum Gasteiger partial charge on any atom is 0.324 e. The Morgan fingerprint density at radius 2 is 2.11 bits per heavy atom. The van der Waals surface area contributed by atoms with Gasteiger partial charge < -0.3 is 5.32 Å². The van der Waals surface area contributed by atoms with Gasteiger partial charge in [0.15, 0.2) is 0 Å². The molecule has 0 bridgehead atoms. The van der Waals surface area contributed by atoms with Crippen molar-refractivity contribution in [1.29, 1.82) is 0 Å². The summed E-state index contributed by atoms with van der Waals surface area (Å²) in [6.45, 7) is 0.222. The Bertz CT molecular complexity index is 610. The minimum atomic E-state index is -0.724. The van der Waals surface area contributed by atoms with Gasteiger partial charge in [-0.15, -0.1) is 0 Å². The van der Waals surface area contributed by atoms with Crippen molar-refractivity contribution < 1.29 is 13.7 Å². The molecule has 100 valence electrons. The third-order valence-corrected chi connectivity index (χ3v) is 3.94. The highest BCUT2D eigenvalue weighted by atomic mass is 79.9. The smallest absolute Gasteiger partial charge is 0.324 e. The van der Waals surface area contributed by atoms with Crippen molar-refractivity contribution in [1.82, 2.24) is 0 Å². The molecule has 2 aromatic rings. The van der Waals surface area contributed by atoms with E-state index in [0.29, 0.717) is 4.88 Å². The fourth-order valence-electron chi connectivity index (χ4n) is 1.45. The Morgan fingerprint density at radius 3 is 2.68 bits per heavy atom. The van der Waals surface area contributed by atoms with Crippen molar-refractivity contribution in [2.24, 2.45) is 0 Å². The molecule has 0 saturated heterocycles. The zero-order valence-corrected chi connectivity index (χ0v) is 11.7. The van der Waals surface area contributed by atoms with Gasteiger partial charge in [0, 0.05) is 28.0 Å². The summed E-state index contributed by atoms with van der Waals surface area (Å²) in [7, 11) is 0. The van der Waals surface area contributed by atoms with Gasteiger partial charge in [0.2, 0.25) is 0 Å². The van der Waals surface area contributed by atoms with Gasteiger partial charge in [0.25, 0.3) is 0 Å². The Labute approximate surface area is 119 Å². The van der Waals surface area contributed by atoms with Crippen LogP contribution in [0.25, 0.3) is 0 Å². The molecule has 0 aliphatic carbocycles. The van der Waals surface area contributed by atoms with E-state index in [1.165, 1.54) is 6.07 Å². The van der Waals surface area contributed by atoms with Crippen LogP contribution in [0.4, 0.5) is 19.5 Å². The van der Waals surface area contributed by atoms with E-state index in [4.69, 9.17) is 0 Å². The molecule has 1 aromatic heterocycles. The predicted molar refractivity (Wildman–Crippen MR) is 72.4 cm³/mol. The summed E-state index contributed by atoms with van der Waals surface area (Å²) in [5.41, 5.74) is 0.123. The molecule has 0 aliphatic rings. The van der Waals surface area contributed by atoms with Gasteiger partial charge in [-0.1, -0.05) is 11.3 Å². The van der Waals surface area contributed by atoms with Gasteiger partial charge in [0.1, 0.15) is 11.6 Å². The second kappa shape index (κ2) is 5.62. The Morgan fingerprint density at radius 1 is 1.37 bits per heavy atom. The Hall–Kier alpha value is -1.54. The first-order valence-electron chi connectivity index (χ1n) is 5.09. The normalized spacial score (nSPS) is 10.5. The fourth-order valence-corrected chi connectivity index (χ4v) is 2.75. The molecular weight excluding hydrogens is 342 g/mol. The van der Waals surface area contributed by atoms with Crippen molar-refractivity contribution in [2.45, 2.75) is 6.54 Å². The average molecular weight is 349 g/mol. The Balaban J connectivity index is 2.12. The van der Waals surface area contributed by atoms with E-state index in [1.54, 1.807) is 6.07 Å². The molecular formula is C11H7BrF2N2O2S. The van der Waals surface area contributed by atoms with Crippen LogP contribution in [0.2, 0.25) is 0 Å². The van der Waals surface area contributed by atoms with Gasteiger partial charge >= 0.3 is 5.00 Å². The lowest BCUT2D eigenvalue weighted by Crippen LogP contribution is -2.01. The standard InChI is InChI=1S/C11H7BrF2N2O2S/c12-8-3-6(13)4-9(14)11(8)15-5-7-1-2-10(19-7)16(17)18/h1-4,15H,5H2. The van der Waals surface area contributed by atoms with Gasteiger partial charge in [-0.25, -0.2) is 8.78 Å². The van der Waals surface area contributed by atoms with E-state index in [1.807, 2.05) is 0 Å². The molecule has 0 amide bonds. The maximum atomic E-state index is 13.5. The van der Waals surface area contributed by atoms with Crippen LogP contribution in [-0.2, 0) is 6.54 Å². The molecule has 1 aromatic carbocycles. The number of hydrogen-bond acceptors (Lipinski definition) is 4. The first-order chi connectivity index (χ1) is 8.97. The summed E-state index contributed by atoms with van der Waals surface area (Å²) < 4.78 is 26.7. The molecule has 0 radical (unpaired) electrons. The first kappa shape index (κ1) is 13.9. The van der Waals surface area contributed by atoms with Crippen molar-refractivity contribution in [3.05, 3.63) is 55.4 Å². The molecule has 4 nitrogen and oxygen atoms in total. The molecule has 1 heterocycles. The maximum absolute atomic E-state index is 13.5. The fraction of sp³-hybridized carbons (Fsp3) is 0.0909. The van der Waals surface area contributed by atoms with Crippen LogP contribution < -0.4 is 5.32 Å². The number of benzene rings is 1. The van der Waals surface area contributed by atoms with E-state index in [2.05, 4.69) is 21.2 Å². The van der Waals surface area contributed by atoms with Crippen LogP contribution in [0.5, 0.6) is 0 Å². The molecule has 0 aliphatic heterocycles. The van der Waals surface area contributed by atoms with E-state index in [0.717, 1.165) is 23.5 Å². The van der Waals surface area contributed by atoms with Crippen molar-refractivity contribution in [3.8, 4) is 0 Å². The number of halogens is 3. The monoisotopic (exact) mass is 348 g/mol. The van der Waals surface area contributed by atoms with Crippen molar-refractivity contribution in [2.75, 3.05) is 5.32 Å². The quantitative estimate of drug-likeness (QED) is 0.661. The van der Waals surface area contributed by atoms with Crippen LogP contribution in [0.1, 0.15) is 4.88 Å². The number of thiophene rings is 1. The number of nitrogens with zero attached hydrogens (tertiary/aromatic N) is 1. The van der Waals surface area contributed by atoms with E-state index >= 15 is 0 Å². The molecule has 8 heteroatoms. The van der Waals surface area contributed by atoms with Gasteiger partial charge in [-0.3, -0.25) is 10.1 Å². The van der Waals surface area contributed by atoms with Gasteiger partial charge in [-0.05, 0) is 28.1 Å². The number of anilines is 1. The molecule has 0 saturated carbocycles. The highest BCUT2D eigenvalue weighted by Gasteiger charge is 2.12. The second-order valence-electron chi connectivity index (χ2n) is 3.60. The van der Waals surface area contributed by atoms with Gasteiger partial charge in [0.05, 0.1) is 10.6 Å². The summed E-state index contributed by atoms with van der Waals surface area (Å²) in [4.78, 5) is 10.7. The molecule has 0 fully saturated rings. The Kier molecular flexibility index (Phi) is 4.11. The van der Waals surface area contributed by atoms with Crippen LogP contribution >= 0.6 is 27.3 Å². The predicted octanol–water partition coefficient (Wildman–Crippen LogP) is 4.31. The van der Waals surface area contributed by atoms with E-state index < -0.39 is 16.6 Å². The minimum Gasteiger partial charge on any atom is -0.377 e. The molecule has 19 heavy (non-hydrogen) atoms. The summed E-state index contributed by atoms with van der Waals surface area (Å²) in [6, 6.07) is 4.88. The highest BCUT2D eigenvalue weighted by molar-refractivity contribution is 9.10. The summed E-state index contributed by atoms with van der Waals surface area (Å²) >= 11 is 4.05. The number of hydrogen-bond donors (Lipinski definition) is 1. The largest absolute Gasteiger partial charge is 0.377 e. The third kappa shape index (κ3) is 3.27. The molecule has 0 atom stereocenters. The number of rotatable bonds is 4. The average Bonchev–Trinajstić information content (AvgIpc) is 2.76. The van der Waals surface area contributed by atoms with E-state index in [9.17, 15) is 18.9 Å². The van der Waals surface area contributed by atoms with Crippen LogP contribution in [0.15, 0.2) is 28.7 Å². The van der Waals surface area contributed by atoms with Crippen LogP contribution in [0, 0.1) is 21.7 Å².